The van der Waals surface area contributed by atoms with E-state index in [4.69, 9.17) is 9.15 Å². The number of furan rings is 1. The first kappa shape index (κ1) is 16.9. The van der Waals surface area contributed by atoms with Gasteiger partial charge in [0.2, 0.25) is 0 Å². The Labute approximate surface area is 137 Å². The van der Waals surface area contributed by atoms with Gasteiger partial charge in [-0.15, -0.1) is 0 Å². The third-order valence-electron chi connectivity index (χ3n) is 3.19. The average molecular weight is 316 g/mol. The summed E-state index contributed by atoms with van der Waals surface area (Å²) in [6.07, 6.45) is 2.04. The molecule has 1 heterocycles. The van der Waals surface area contributed by atoms with Gasteiger partial charge >= 0.3 is 6.09 Å². The van der Waals surface area contributed by atoms with Gasteiger partial charge in [0.15, 0.2) is 0 Å². The van der Waals surface area contributed by atoms with Crippen molar-refractivity contribution in [3.8, 4) is 0 Å². The SMILES string of the molecule is CCC(Nc1ccccc1NC(=O)OC(C)(C)C)c1ccco1. The third-order valence-corrected chi connectivity index (χ3v) is 3.19. The smallest absolute Gasteiger partial charge is 0.412 e. The van der Waals surface area contributed by atoms with Crippen molar-refractivity contribution < 1.29 is 13.9 Å². The van der Waals surface area contributed by atoms with Gasteiger partial charge in [0.05, 0.1) is 23.7 Å². The molecule has 0 fully saturated rings. The van der Waals surface area contributed by atoms with E-state index in [0.29, 0.717) is 5.69 Å². The van der Waals surface area contributed by atoms with Crippen LogP contribution < -0.4 is 10.6 Å². The second-order valence-electron chi connectivity index (χ2n) is 6.29. The molecule has 0 saturated carbocycles. The highest BCUT2D eigenvalue weighted by molar-refractivity contribution is 5.89. The van der Waals surface area contributed by atoms with E-state index in [2.05, 4.69) is 17.6 Å². The van der Waals surface area contributed by atoms with Gasteiger partial charge in [-0.3, -0.25) is 5.32 Å². The summed E-state index contributed by atoms with van der Waals surface area (Å²) in [5.41, 5.74) is 0.959. The van der Waals surface area contributed by atoms with E-state index in [-0.39, 0.29) is 6.04 Å². The Balaban J connectivity index is 2.12. The van der Waals surface area contributed by atoms with Crippen molar-refractivity contribution in [2.24, 2.45) is 0 Å². The van der Waals surface area contributed by atoms with E-state index in [1.807, 2.05) is 57.2 Å². The molecule has 0 aliphatic carbocycles. The Morgan fingerprint density at radius 1 is 1.17 bits per heavy atom. The van der Waals surface area contributed by atoms with E-state index < -0.39 is 11.7 Å². The van der Waals surface area contributed by atoms with E-state index in [9.17, 15) is 4.79 Å². The van der Waals surface area contributed by atoms with E-state index in [1.54, 1.807) is 6.26 Å². The van der Waals surface area contributed by atoms with Crippen molar-refractivity contribution >= 4 is 17.5 Å². The zero-order valence-electron chi connectivity index (χ0n) is 14.1. The van der Waals surface area contributed by atoms with Crippen molar-refractivity contribution in [3.63, 3.8) is 0 Å². The molecule has 0 aliphatic rings. The fourth-order valence-corrected chi connectivity index (χ4v) is 2.18. The highest BCUT2D eigenvalue weighted by atomic mass is 16.6. The van der Waals surface area contributed by atoms with E-state index in [1.165, 1.54) is 0 Å². The Kier molecular flexibility index (Phi) is 5.32. The monoisotopic (exact) mass is 316 g/mol. The number of rotatable bonds is 5. The fourth-order valence-electron chi connectivity index (χ4n) is 2.18. The van der Waals surface area contributed by atoms with Gasteiger partial charge < -0.3 is 14.5 Å². The minimum Gasteiger partial charge on any atom is -0.467 e. The van der Waals surface area contributed by atoms with Crippen LogP contribution >= 0.6 is 0 Å². The van der Waals surface area contributed by atoms with Crippen LogP contribution in [0.4, 0.5) is 16.2 Å². The molecule has 2 aromatic rings. The molecule has 0 radical (unpaired) electrons. The van der Waals surface area contributed by atoms with Gasteiger partial charge in [-0.25, -0.2) is 4.79 Å². The molecule has 0 spiro atoms. The maximum atomic E-state index is 12.0. The standard InChI is InChI=1S/C18H24N2O3/c1-5-13(16-11-8-12-22-16)19-14-9-6-7-10-15(14)20-17(21)23-18(2,3)4/h6-13,19H,5H2,1-4H3,(H,20,21). The van der Waals surface area contributed by atoms with Crippen LogP contribution in [0.1, 0.15) is 45.9 Å². The van der Waals surface area contributed by atoms with Crippen LogP contribution in [0.25, 0.3) is 0 Å². The lowest BCUT2D eigenvalue weighted by Gasteiger charge is -2.22. The first-order chi connectivity index (χ1) is 10.9. The topological polar surface area (TPSA) is 63.5 Å². The van der Waals surface area contributed by atoms with Crippen LogP contribution in [-0.2, 0) is 4.74 Å². The van der Waals surface area contributed by atoms with Gasteiger partial charge in [0.1, 0.15) is 11.4 Å². The summed E-state index contributed by atoms with van der Waals surface area (Å²) in [6.45, 7) is 7.58. The number of ether oxygens (including phenoxy) is 1. The zero-order valence-corrected chi connectivity index (χ0v) is 14.1. The summed E-state index contributed by atoms with van der Waals surface area (Å²) in [5.74, 6) is 0.861. The summed E-state index contributed by atoms with van der Waals surface area (Å²) < 4.78 is 10.8. The number of carbonyl (C=O) groups excluding carboxylic acids is 1. The fraction of sp³-hybridized carbons (Fsp3) is 0.389. The van der Waals surface area contributed by atoms with Crippen LogP contribution in [0.5, 0.6) is 0 Å². The molecular weight excluding hydrogens is 292 g/mol. The third kappa shape index (κ3) is 5.06. The molecule has 5 heteroatoms. The first-order valence-corrected chi connectivity index (χ1v) is 7.78. The molecule has 1 atom stereocenters. The number of anilines is 2. The van der Waals surface area contributed by atoms with Crippen LogP contribution in [0, 0.1) is 0 Å². The Bertz CT molecular complexity index is 630. The summed E-state index contributed by atoms with van der Waals surface area (Å²) in [5, 5.41) is 6.19. The summed E-state index contributed by atoms with van der Waals surface area (Å²) in [6, 6.07) is 11.4. The van der Waals surface area contributed by atoms with Crippen molar-refractivity contribution in [2.75, 3.05) is 10.6 Å². The molecule has 0 aliphatic heterocycles. The van der Waals surface area contributed by atoms with Crippen LogP contribution in [0.15, 0.2) is 47.1 Å². The molecule has 5 nitrogen and oxygen atoms in total. The minimum absolute atomic E-state index is 0.0339. The van der Waals surface area contributed by atoms with Crippen LogP contribution in [0.3, 0.4) is 0 Å². The largest absolute Gasteiger partial charge is 0.467 e. The number of hydrogen-bond acceptors (Lipinski definition) is 4. The molecule has 2 N–H and O–H groups in total. The van der Waals surface area contributed by atoms with Gasteiger partial charge in [-0.2, -0.15) is 0 Å². The van der Waals surface area contributed by atoms with Crippen molar-refractivity contribution in [1.29, 1.82) is 0 Å². The van der Waals surface area contributed by atoms with Crippen molar-refractivity contribution in [2.45, 2.75) is 45.8 Å². The molecule has 124 valence electrons. The summed E-state index contributed by atoms with van der Waals surface area (Å²) >= 11 is 0. The predicted molar refractivity (Wildman–Crippen MR) is 91.7 cm³/mol. The highest BCUT2D eigenvalue weighted by Gasteiger charge is 2.18. The molecule has 1 amide bonds. The van der Waals surface area contributed by atoms with Gasteiger partial charge in [0, 0.05) is 0 Å². The first-order valence-electron chi connectivity index (χ1n) is 7.78. The maximum Gasteiger partial charge on any atom is 0.412 e. The van der Waals surface area contributed by atoms with Crippen molar-refractivity contribution in [3.05, 3.63) is 48.4 Å². The quantitative estimate of drug-likeness (QED) is 0.796. The molecule has 1 unspecified atom stereocenters. The van der Waals surface area contributed by atoms with Crippen LogP contribution in [-0.4, -0.2) is 11.7 Å². The lowest BCUT2D eigenvalue weighted by Crippen LogP contribution is -2.27. The summed E-state index contributed by atoms with van der Waals surface area (Å²) in [4.78, 5) is 12.0. The zero-order chi connectivity index (χ0) is 16.9. The van der Waals surface area contributed by atoms with Gasteiger partial charge in [0.25, 0.3) is 0 Å². The second kappa shape index (κ2) is 7.22. The number of carbonyl (C=O) groups is 1. The molecule has 0 saturated heterocycles. The Morgan fingerprint density at radius 2 is 1.87 bits per heavy atom. The molecular formula is C18H24N2O3. The van der Waals surface area contributed by atoms with E-state index in [0.717, 1.165) is 17.9 Å². The molecule has 23 heavy (non-hydrogen) atoms. The highest BCUT2D eigenvalue weighted by Crippen LogP contribution is 2.28. The van der Waals surface area contributed by atoms with E-state index >= 15 is 0 Å². The van der Waals surface area contributed by atoms with Gasteiger partial charge in [-0.05, 0) is 51.5 Å². The lowest BCUT2D eigenvalue weighted by atomic mass is 10.1. The lowest BCUT2D eigenvalue weighted by molar-refractivity contribution is 0.0636. The normalized spacial score (nSPS) is 12.5. The molecule has 1 aromatic heterocycles. The molecule has 1 aromatic carbocycles. The summed E-state index contributed by atoms with van der Waals surface area (Å²) in [7, 11) is 0. The number of para-hydroxylation sites is 2. The second-order valence-corrected chi connectivity index (χ2v) is 6.29. The number of benzene rings is 1. The van der Waals surface area contributed by atoms with Crippen LogP contribution in [0.2, 0.25) is 0 Å². The van der Waals surface area contributed by atoms with Crippen molar-refractivity contribution in [1.82, 2.24) is 0 Å². The minimum atomic E-state index is -0.535. The number of hydrogen-bond donors (Lipinski definition) is 2. The average Bonchev–Trinajstić information content (AvgIpc) is 2.98. The predicted octanol–water partition coefficient (Wildman–Crippen LogP) is 5.19. The number of amides is 1. The molecule has 2 rings (SSSR count). The molecule has 0 bridgehead atoms. The maximum absolute atomic E-state index is 12.0. The Morgan fingerprint density at radius 3 is 2.43 bits per heavy atom. The number of nitrogens with one attached hydrogen (secondary N) is 2. The Hall–Kier alpha value is -2.43. The van der Waals surface area contributed by atoms with Gasteiger partial charge in [-0.1, -0.05) is 19.1 Å².